The summed E-state index contributed by atoms with van der Waals surface area (Å²) in [6, 6.07) is 10.2. The second kappa shape index (κ2) is 17.5. The largest absolute Gasteiger partial charge is 0.481 e. The highest BCUT2D eigenvalue weighted by molar-refractivity contribution is 5.66. The molecule has 1 aromatic rings. The van der Waals surface area contributed by atoms with Gasteiger partial charge in [0.25, 0.3) is 0 Å². The molecule has 2 unspecified atom stereocenters. The Morgan fingerprint density at radius 3 is 2.17 bits per heavy atom. The summed E-state index contributed by atoms with van der Waals surface area (Å²) in [5, 5.41) is 19.1. The maximum absolute atomic E-state index is 10.6. The number of aliphatic carboxylic acids is 1. The van der Waals surface area contributed by atoms with E-state index < -0.39 is 12.1 Å². The van der Waals surface area contributed by atoms with Crippen LogP contribution in [0.15, 0.2) is 30.3 Å². The molecule has 0 saturated carbocycles. The van der Waals surface area contributed by atoms with Crippen LogP contribution < -0.4 is 0 Å². The van der Waals surface area contributed by atoms with Gasteiger partial charge in [-0.3, -0.25) is 4.79 Å². The predicted molar refractivity (Wildman–Crippen MR) is 119 cm³/mol. The summed E-state index contributed by atoms with van der Waals surface area (Å²) in [5.74, 6) is -0.766. The number of hydrogen-bond acceptors (Lipinski definition) is 3. The minimum absolute atomic E-state index is 0.0600. The van der Waals surface area contributed by atoms with Gasteiger partial charge in [-0.2, -0.15) is 0 Å². The lowest BCUT2D eigenvalue weighted by Crippen LogP contribution is -2.21. The van der Waals surface area contributed by atoms with Gasteiger partial charge in [-0.05, 0) is 31.2 Å². The van der Waals surface area contributed by atoms with E-state index in [0.717, 1.165) is 24.8 Å². The van der Waals surface area contributed by atoms with Crippen molar-refractivity contribution in [3.8, 4) is 0 Å². The van der Waals surface area contributed by atoms with E-state index in [1.165, 1.54) is 44.9 Å². The molecule has 2 atom stereocenters. The highest BCUT2D eigenvalue weighted by atomic mass is 16.5. The molecule has 166 valence electrons. The summed E-state index contributed by atoms with van der Waals surface area (Å²) in [6.45, 7) is 2.82. The first-order valence-corrected chi connectivity index (χ1v) is 11.7. The first kappa shape index (κ1) is 25.6. The number of hydrogen-bond donors (Lipinski definition) is 2. The molecular formula is C25H42O4. The third kappa shape index (κ3) is 15.2. The van der Waals surface area contributed by atoms with E-state index in [9.17, 15) is 9.90 Å². The van der Waals surface area contributed by atoms with Gasteiger partial charge in [0.05, 0.1) is 18.8 Å². The number of benzene rings is 1. The molecule has 0 amide bonds. The van der Waals surface area contributed by atoms with Gasteiger partial charge in [0.15, 0.2) is 0 Å². The molecule has 0 spiro atoms. The summed E-state index contributed by atoms with van der Waals surface area (Å²) < 4.78 is 6.15. The lowest BCUT2D eigenvalue weighted by molar-refractivity contribution is -0.137. The zero-order valence-corrected chi connectivity index (χ0v) is 18.4. The van der Waals surface area contributed by atoms with Gasteiger partial charge in [0.1, 0.15) is 0 Å². The summed E-state index contributed by atoms with van der Waals surface area (Å²) in [6.07, 6.45) is 13.8. The molecule has 0 radical (unpaired) electrons. The van der Waals surface area contributed by atoms with Crippen LogP contribution in [0.4, 0.5) is 0 Å². The molecule has 0 fully saturated rings. The molecule has 0 aliphatic heterocycles. The monoisotopic (exact) mass is 406 g/mol. The molecule has 4 heteroatoms. The van der Waals surface area contributed by atoms with E-state index in [4.69, 9.17) is 9.84 Å². The maximum Gasteiger partial charge on any atom is 0.303 e. The second-order valence-electron chi connectivity index (χ2n) is 8.21. The van der Waals surface area contributed by atoms with Crippen molar-refractivity contribution < 1.29 is 19.7 Å². The lowest BCUT2D eigenvalue weighted by atomic mass is 10.00. The Morgan fingerprint density at radius 2 is 1.52 bits per heavy atom. The topological polar surface area (TPSA) is 66.8 Å². The molecule has 0 aromatic heterocycles. The molecule has 4 nitrogen and oxygen atoms in total. The van der Waals surface area contributed by atoms with Gasteiger partial charge in [-0.15, -0.1) is 0 Å². The Bertz CT molecular complexity index is 503. The third-order valence-corrected chi connectivity index (χ3v) is 5.42. The van der Waals surface area contributed by atoms with Crippen molar-refractivity contribution in [1.82, 2.24) is 0 Å². The summed E-state index contributed by atoms with van der Waals surface area (Å²) >= 11 is 0. The SMILES string of the molecule is CCCCCCCCCCC(CC(O)CCCCC(=O)O)OCc1ccccc1. The minimum Gasteiger partial charge on any atom is -0.481 e. The van der Waals surface area contributed by atoms with Crippen LogP contribution in [-0.2, 0) is 16.1 Å². The van der Waals surface area contributed by atoms with Crippen LogP contribution in [0.3, 0.4) is 0 Å². The average molecular weight is 407 g/mol. The summed E-state index contributed by atoms with van der Waals surface area (Å²) in [4.78, 5) is 10.6. The number of ether oxygens (including phenoxy) is 1. The number of carboxylic acid groups (broad SMARTS) is 1. The van der Waals surface area contributed by atoms with Crippen molar-refractivity contribution in [2.75, 3.05) is 0 Å². The van der Waals surface area contributed by atoms with Crippen molar-refractivity contribution in [3.63, 3.8) is 0 Å². The number of unbranched alkanes of at least 4 members (excludes halogenated alkanes) is 8. The Morgan fingerprint density at radius 1 is 0.897 bits per heavy atom. The van der Waals surface area contributed by atoms with Crippen LogP contribution in [-0.4, -0.2) is 28.4 Å². The molecular weight excluding hydrogens is 364 g/mol. The highest BCUT2D eigenvalue weighted by Crippen LogP contribution is 2.19. The number of rotatable bonds is 19. The third-order valence-electron chi connectivity index (χ3n) is 5.42. The van der Waals surface area contributed by atoms with E-state index in [0.29, 0.717) is 25.9 Å². The quantitative estimate of drug-likeness (QED) is 0.257. The van der Waals surface area contributed by atoms with Crippen LogP contribution in [0.2, 0.25) is 0 Å². The summed E-state index contributed by atoms with van der Waals surface area (Å²) in [7, 11) is 0. The molecule has 0 saturated heterocycles. The zero-order chi connectivity index (χ0) is 21.2. The van der Waals surface area contributed by atoms with Crippen molar-refractivity contribution in [2.24, 2.45) is 0 Å². The molecule has 29 heavy (non-hydrogen) atoms. The summed E-state index contributed by atoms with van der Waals surface area (Å²) in [5.41, 5.74) is 1.16. The Labute approximate surface area is 177 Å². The van der Waals surface area contributed by atoms with Crippen LogP contribution in [0.25, 0.3) is 0 Å². The lowest BCUT2D eigenvalue weighted by Gasteiger charge is -2.21. The second-order valence-corrected chi connectivity index (χ2v) is 8.21. The number of aliphatic hydroxyl groups excluding tert-OH is 1. The smallest absolute Gasteiger partial charge is 0.303 e. The predicted octanol–water partition coefficient (Wildman–Crippen LogP) is 6.50. The van der Waals surface area contributed by atoms with Crippen molar-refractivity contribution in [3.05, 3.63) is 35.9 Å². The van der Waals surface area contributed by atoms with Gasteiger partial charge < -0.3 is 14.9 Å². The van der Waals surface area contributed by atoms with Gasteiger partial charge in [-0.1, -0.05) is 95.0 Å². The minimum atomic E-state index is -0.766. The van der Waals surface area contributed by atoms with Crippen LogP contribution in [0.1, 0.15) is 102 Å². The van der Waals surface area contributed by atoms with Gasteiger partial charge in [0.2, 0.25) is 0 Å². The van der Waals surface area contributed by atoms with Crippen molar-refractivity contribution >= 4 is 5.97 Å². The van der Waals surface area contributed by atoms with Gasteiger partial charge in [0, 0.05) is 6.42 Å². The molecule has 1 rings (SSSR count). The van der Waals surface area contributed by atoms with E-state index in [2.05, 4.69) is 19.1 Å². The Hall–Kier alpha value is -1.39. The van der Waals surface area contributed by atoms with E-state index in [1.807, 2.05) is 18.2 Å². The number of carboxylic acids is 1. The number of carbonyl (C=O) groups is 1. The van der Waals surface area contributed by atoms with Gasteiger partial charge in [-0.25, -0.2) is 0 Å². The maximum atomic E-state index is 10.6. The Balaban J connectivity index is 2.31. The van der Waals surface area contributed by atoms with E-state index in [-0.39, 0.29) is 12.5 Å². The zero-order valence-electron chi connectivity index (χ0n) is 18.4. The molecule has 2 N–H and O–H groups in total. The fourth-order valence-electron chi connectivity index (χ4n) is 3.64. The van der Waals surface area contributed by atoms with Gasteiger partial charge >= 0.3 is 5.97 Å². The molecule has 0 aliphatic carbocycles. The Kier molecular flexibility index (Phi) is 15.4. The number of aliphatic hydroxyl groups is 1. The normalized spacial score (nSPS) is 13.3. The molecule has 0 heterocycles. The fraction of sp³-hybridized carbons (Fsp3) is 0.720. The van der Waals surface area contributed by atoms with Crippen LogP contribution in [0.5, 0.6) is 0 Å². The van der Waals surface area contributed by atoms with E-state index in [1.54, 1.807) is 0 Å². The molecule has 0 bridgehead atoms. The average Bonchev–Trinajstić information content (AvgIpc) is 2.71. The molecule has 0 aliphatic rings. The van der Waals surface area contributed by atoms with Crippen LogP contribution in [0, 0.1) is 0 Å². The van der Waals surface area contributed by atoms with Crippen molar-refractivity contribution in [1.29, 1.82) is 0 Å². The highest BCUT2D eigenvalue weighted by Gasteiger charge is 2.15. The van der Waals surface area contributed by atoms with Crippen molar-refractivity contribution in [2.45, 2.75) is 116 Å². The fourth-order valence-corrected chi connectivity index (χ4v) is 3.64. The van der Waals surface area contributed by atoms with Crippen LogP contribution >= 0.6 is 0 Å². The standard InChI is InChI=1S/C25H42O4/c1-2-3-4-5-6-7-8-12-18-24(29-21-22-15-10-9-11-16-22)20-23(26)17-13-14-19-25(27)28/h9-11,15-16,23-24,26H,2-8,12-14,17-21H2,1H3,(H,27,28). The van der Waals surface area contributed by atoms with E-state index >= 15 is 0 Å². The first-order valence-electron chi connectivity index (χ1n) is 11.7. The first-order chi connectivity index (χ1) is 14.1. The molecule has 1 aromatic carbocycles.